The predicted octanol–water partition coefficient (Wildman–Crippen LogP) is 5.38. The molecule has 126 valence electrons. The topological polar surface area (TPSA) is 54.3 Å². The average molecular weight is 391 g/mol. The molecule has 0 fully saturated rings. The molecule has 0 bridgehead atoms. The monoisotopic (exact) mass is 390 g/mol. The van der Waals surface area contributed by atoms with Crippen LogP contribution >= 0.6 is 35.4 Å². The fourth-order valence-corrected chi connectivity index (χ4v) is 2.76. The van der Waals surface area contributed by atoms with Crippen molar-refractivity contribution in [3.63, 3.8) is 0 Å². The Kier molecular flexibility index (Phi) is 5.38. The van der Waals surface area contributed by atoms with E-state index in [1.54, 1.807) is 42.5 Å². The van der Waals surface area contributed by atoms with Crippen molar-refractivity contribution >= 4 is 52.1 Å². The maximum atomic E-state index is 12.3. The molecule has 0 aliphatic heterocycles. The lowest BCUT2D eigenvalue weighted by Gasteiger charge is -2.09. The van der Waals surface area contributed by atoms with Crippen LogP contribution in [-0.4, -0.2) is 11.0 Å². The number of benzene rings is 2. The second-order valence-corrected chi connectivity index (χ2v) is 6.25. The van der Waals surface area contributed by atoms with Crippen LogP contribution in [0, 0.1) is 0 Å². The van der Waals surface area contributed by atoms with Crippen molar-refractivity contribution in [3.8, 4) is 11.3 Å². The largest absolute Gasteiger partial charge is 0.451 e. The Labute approximate surface area is 159 Å². The van der Waals surface area contributed by atoms with Crippen LogP contribution in [-0.2, 0) is 0 Å². The minimum atomic E-state index is -0.470. The Morgan fingerprint density at radius 1 is 0.920 bits per heavy atom. The van der Waals surface area contributed by atoms with Gasteiger partial charge in [-0.05, 0) is 48.6 Å². The van der Waals surface area contributed by atoms with E-state index in [2.05, 4.69) is 10.6 Å². The van der Waals surface area contributed by atoms with Crippen molar-refractivity contribution in [2.75, 3.05) is 5.32 Å². The van der Waals surface area contributed by atoms with Gasteiger partial charge in [-0.25, -0.2) is 0 Å². The van der Waals surface area contributed by atoms with E-state index in [4.69, 9.17) is 39.8 Å². The summed E-state index contributed by atoms with van der Waals surface area (Å²) in [6.07, 6.45) is 0. The molecular formula is C18H12Cl2N2O2S. The van der Waals surface area contributed by atoms with Crippen molar-refractivity contribution in [1.82, 2.24) is 5.32 Å². The summed E-state index contributed by atoms with van der Waals surface area (Å²) in [5, 5.41) is 6.57. The molecule has 3 rings (SSSR count). The zero-order valence-corrected chi connectivity index (χ0v) is 15.1. The number of nitrogens with one attached hydrogen (secondary N) is 2. The number of carbonyl (C=O) groups excluding carboxylic acids is 1. The third-order valence-electron chi connectivity index (χ3n) is 3.32. The fourth-order valence-electron chi connectivity index (χ4n) is 2.15. The first-order chi connectivity index (χ1) is 12.0. The standard InChI is InChI=1S/C18H12Cl2N2O2S/c19-12-6-2-1-5-11(12)15-9-10-16(24-15)17(23)22-18(25)21-14-8-4-3-7-13(14)20/h1-10H,(H2,21,22,23,25). The highest BCUT2D eigenvalue weighted by atomic mass is 35.5. The normalized spacial score (nSPS) is 10.3. The van der Waals surface area contributed by atoms with Crippen LogP contribution in [0.1, 0.15) is 10.6 Å². The Bertz CT molecular complexity index is 940. The molecule has 0 radical (unpaired) electrons. The van der Waals surface area contributed by atoms with Gasteiger partial charge >= 0.3 is 0 Å². The summed E-state index contributed by atoms with van der Waals surface area (Å²) in [4.78, 5) is 12.3. The van der Waals surface area contributed by atoms with E-state index in [1.807, 2.05) is 18.2 Å². The van der Waals surface area contributed by atoms with E-state index < -0.39 is 5.91 Å². The molecule has 3 aromatic rings. The van der Waals surface area contributed by atoms with Gasteiger partial charge in [0, 0.05) is 5.56 Å². The molecule has 1 amide bonds. The molecule has 0 saturated carbocycles. The summed E-state index contributed by atoms with van der Waals surface area (Å²) in [5.74, 6) is 0.154. The zero-order valence-electron chi connectivity index (χ0n) is 12.8. The van der Waals surface area contributed by atoms with E-state index in [0.717, 1.165) is 0 Å². The van der Waals surface area contributed by atoms with Crippen molar-refractivity contribution in [2.24, 2.45) is 0 Å². The molecule has 0 aliphatic carbocycles. The second-order valence-electron chi connectivity index (χ2n) is 5.03. The molecule has 0 spiro atoms. The van der Waals surface area contributed by atoms with Crippen LogP contribution in [0.25, 0.3) is 11.3 Å². The van der Waals surface area contributed by atoms with Gasteiger partial charge in [0.2, 0.25) is 0 Å². The molecule has 1 aromatic heterocycles. The number of hydrogen-bond acceptors (Lipinski definition) is 3. The highest BCUT2D eigenvalue weighted by molar-refractivity contribution is 7.80. The number of furan rings is 1. The molecule has 7 heteroatoms. The number of thiocarbonyl (C=S) groups is 1. The molecule has 0 atom stereocenters. The van der Waals surface area contributed by atoms with Gasteiger partial charge in [0.25, 0.3) is 5.91 Å². The minimum absolute atomic E-state index is 0.119. The SMILES string of the molecule is O=C(NC(=S)Nc1ccccc1Cl)c1ccc(-c2ccccc2Cl)o1. The summed E-state index contributed by atoms with van der Waals surface area (Å²) in [6, 6.07) is 17.5. The third kappa shape index (κ3) is 4.20. The van der Waals surface area contributed by atoms with Gasteiger partial charge in [0.05, 0.1) is 15.7 Å². The Hall–Kier alpha value is -2.34. The van der Waals surface area contributed by atoms with E-state index in [0.29, 0.717) is 27.1 Å². The van der Waals surface area contributed by atoms with Gasteiger partial charge in [-0.15, -0.1) is 0 Å². The number of hydrogen-bond donors (Lipinski definition) is 2. The predicted molar refractivity (Wildman–Crippen MR) is 104 cm³/mol. The number of para-hydroxylation sites is 1. The Balaban J connectivity index is 1.69. The molecule has 2 N–H and O–H groups in total. The van der Waals surface area contributed by atoms with Crippen molar-refractivity contribution in [2.45, 2.75) is 0 Å². The second kappa shape index (κ2) is 7.70. The Morgan fingerprint density at radius 3 is 2.32 bits per heavy atom. The highest BCUT2D eigenvalue weighted by Crippen LogP contribution is 2.29. The van der Waals surface area contributed by atoms with Crippen LogP contribution in [0.2, 0.25) is 10.0 Å². The summed E-state index contributed by atoms with van der Waals surface area (Å²) < 4.78 is 5.58. The molecule has 0 aliphatic rings. The van der Waals surface area contributed by atoms with Crippen LogP contribution in [0.3, 0.4) is 0 Å². The van der Waals surface area contributed by atoms with Crippen molar-refractivity contribution < 1.29 is 9.21 Å². The summed E-state index contributed by atoms with van der Waals surface area (Å²) in [7, 11) is 0. The molecule has 0 saturated heterocycles. The third-order valence-corrected chi connectivity index (χ3v) is 4.18. The summed E-state index contributed by atoms with van der Waals surface area (Å²) >= 11 is 17.3. The van der Waals surface area contributed by atoms with Gasteiger partial charge in [-0.3, -0.25) is 10.1 Å². The number of carbonyl (C=O) groups is 1. The molecule has 4 nitrogen and oxygen atoms in total. The molecule has 0 unspecified atom stereocenters. The minimum Gasteiger partial charge on any atom is -0.451 e. The summed E-state index contributed by atoms with van der Waals surface area (Å²) in [5.41, 5.74) is 1.31. The first-order valence-corrected chi connectivity index (χ1v) is 8.42. The van der Waals surface area contributed by atoms with Gasteiger partial charge in [-0.1, -0.05) is 47.5 Å². The highest BCUT2D eigenvalue weighted by Gasteiger charge is 2.15. The van der Waals surface area contributed by atoms with Crippen LogP contribution in [0.15, 0.2) is 65.1 Å². The van der Waals surface area contributed by atoms with Gasteiger partial charge in [0.15, 0.2) is 10.9 Å². The van der Waals surface area contributed by atoms with E-state index >= 15 is 0 Å². The van der Waals surface area contributed by atoms with Gasteiger partial charge < -0.3 is 9.73 Å². The van der Waals surface area contributed by atoms with Crippen LogP contribution in [0.5, 0.6) is 0 Å². The quantitative estimate of drug-likeness (QED) is 0.589. The number of rotatable bonds is 3. The van der Waals surface area contributed by atoms with Crippen molar-refractivity contribution in [1.29, 1.82) is 0 Å². The lowest BCUT2D eigenvalue weighted by atomic mass is 10.2. The lowest BCUT2D eigenvalue weighted by molar-refractivity contribution is 0.0951. The maximum Gasteiger partial charge on any atom is 0.293 e. The maximum absolute atomic E-state index is 12.3. The van der Waals surface area contributed by atoms with E-state index in [9.17, 15) is 4.79 Å². The Morgan fingerprint density at radius 2 is 1.60 bits per heavy atom. The fraction of sp³-hybridized carbons (Fsp3) is 0. The van der Waals surface area contributed by atoms with E-state index in [-0.39, 0.29) is 10.9 Å². The van der Waals surface area contributed by atoms with Crippen LogP contribution < -0.4 is 10.6 Å². The number of halogens is 2. The molecule has 1 heterocycles. The molecule has 2 aromatic carbocycles. The lowest BCUT2D eigenvalue weighted by Crippen LogP contribution is -2.33. The summed E-state index contributed by atoms with van der Waals surface area (Å²) in [6.45, 7) is 0. The van der Waals surface area contributed by atoms with Gasteiger partial charge in [-0.2, -0.15) is 0 Å². The first kappa shape index (κ1) is 17.5. The van der Waals surface area contributed by atoms with Crippen LogP contribution in [0.4, 0.5) is 5.69 Å². The van der Waals surface area contributed by atoms with Crippen molar-refractivity contribution in [3.05, 3.63) is 76.5 Å². The number of anilines is 1. The smallest absolute Gasteiger partial charge is 0.293 e. The first-order valence-electron chi connectivity index (χ1n) is 7.26. The van der Waals surface area contributed by atoms with E-state index in [1.165, 1.54) is 0 Å². The number of amides is 1. The zero-order chi connectivity index (χ0) is 17.8. The molecule has 25 heavy (non-hydrogen) atoms. The molecular weight excluding hydrogens is 379 g/mol. The van der Waals surface area contributed by atoms with Gasteiger partial charge in [0.1, 0.15) is 5.76 Å². The average Bonchev–Trinajstić information content (AvgIpc) is 3.07.